The summed E-state index contributed by atoms with van der Waals surface area (Å²) in [7, 11) is -3.59. The lowest BCUT2D eigenvalue weighted by Crippen LogP contribution is -2.40. The fourth-order valence-electron chi connectivity index (χ4n) is 2.48. The Morgan fingerprint density at radius 1 is 1.12 bits per heavy atom. The van der Waals surface area contributed by atoms with Crippen LogP contribution >= 0.6 is 0 Å². The molecule has 0 amide bonds. The lowest BCUT2D eigenvalue weighted by molar-refractivity contribution is 0.0730. The minimum atomic E-state index is -3.59. The number of anilines is 1. The highest BCUT2D eigenvalue weighted by Crippen LogP contribution is 2.18. The van der Waals surface area contributed by atoms with E-state index in [1.165, 1.54) is 34.8 Å². The van der Waals surface area contributed by atoms with Gasteiger partial charge < -0.3 is 10.1 Å². The molecule has 3 rings (SSSR count). The molecule has 9 heteroatoms. The maximum atomic E-state index is 13.2. The van der Waals surface area contributed by atoms with Gasteiger partial charge in [0.2, 0.25) is 10.0 Å². The van der Waals surface area contributed by atoms with Gasteiger partial charge in [0.1, 0.15) is 22.3 Å². The van der Waals surface area contributed by atoms with Crippen molar-refractivity contribution >= 4 is 15.8 Å². The number of sulfonamides is 1. The molecule has 1 aromatic carbocycles. The van der Waals surface area contributed by atoms with Crippen LogP contribution in [-0.4, -0.2) is 44.0 Å². The molecule has 1 N–H and O–H groups in total. The monoisotopic (exact) mass is 369 g/mol. The first-order valence-corrected chi connectivity index (χ1v) is 9.12. The standard InChI is InChI=1S/C16H17F2N3O3S/c17-13-7-12(8-14(18)9-13)10-19-16-2-1-15(11-20-16)25(22,23)21-3-5-24-6-4-21/h1-2,7-9,11H,3-6,10H2,(H,19,20). The minimum absolute atomic E-state index is 0.0942. The summed E-state index contributed by atoms with van der Waals surface area (Å²) in [4.78, 5) is 4.16. The minimum Gasteiger partial charge on any atom is -0.379 e. The Balaban J connectivity index is 1.67. The molecule has 1 fully saturated rings. The summed E-state index contributed by atoms with van der Waals surface area (Å²) in [6.45, 7) is 1.53. The normalized spacial score (nSPS) is 15.9. The SMILES string of the molecule is O=S(=O)(c1ccc(NCc2cc(F)cc(F)c2)nc1)N1CCOCC1. The third-order valence-electron chi connectivity index (χ3n) is 3.74. The van der Waals surface area contributed by atoms with E-state index in [4.69, 9.17) is 4.74 Å². The van der Waals surface area contributed by atoms with Gasteiger partial charge in [-0.15, -0.1) is 0 Å². The third kappa shape index (κ3) is 4.30. The van der Waals surface area contributed by atoms with Crippen molar-refractivity contribution < 1.29 is 21.9 Å². The number of morpholine rings is 1. The second-order valence-electron chi connectivity index (χ2n) is 5.53. The molecular weight excluding hydrogens is 352 g/mol. The Labute approximate surface area is 144 Å². The molecule has 134 valence electrons. The smallest absolute Gasteiger partial charge is 0.244 e. The second-order valence-corrected chi connectivity index (χ2v) is 7.46. The average Bonchev–Trinajstić information content (AvgIpc) is 2.60. The van der Waals surface area contributed by atoms with E-state index in [-0.39, 0.29) is 11.4 Å². The summed E-state index contributed by atoms with van der Waals surface area (Å²) in [5.41, 5.74) is 0.421. The molecule has 25 heavy (non-hydrogen) atoms. The van der Waals surface area contributed by atoms with E-state index in [1.54, 1.807) is 0 Å². The van der Waals surface area contributed by atoms with Crippen LogP contribution in [0.5, 0.6) is 0 Å². The average molecular weight is 369 g/mol. The number of aromatic nitrogens is 1. The first kappa shape index (κ1) is 17.7. The Morgan fingerprint density at radius 2 is 1.80 bits per heavy atom. The predicted octanol–water partition coefficient (Wildman–Crippen LogP) is 1.99. The van der Waals surface area contributed by atoms with Crippen molar-refractivity contribution in [3.05, 3.63) is 53.7 Å². The molecule has 0 unspecified atom stereocenters. The first-order chi connectivity index (χ1) is 11.9. The Morgan fingerprint density at radius 3 is 2.40 bits per heavy atom. The van der Waals surface area contributed by atoms with E-state index >= 15 is 0 Å². The first-order valence-electron chi connectivity index (χ1n) is 7.68. The lowest BCUT2D eigenvalue weighted by Gasteiger charge is -2.25. The van der Waals surface area contributed by atoms with Crippen molar-refractivity contribution in [1.29, 1.82) is 0 Å². The number of hydrogen-bond acceptors (Lipinski definition) is 5. The zero-order valence-corrected chi connectivity index (χ0v) is 14.1. The van der Waals surface area contributed by atoms with Gasteiger partial charge in [0.25, 0.3) is 0 Å². The van der Waals surface area contributed by atoms with E-state index < -0.39 is 21.7 Å². The Kier molecular flexibility index (Phi) is 5.26. The van der Waals surface area contributed by atoms with Crippen LogP contribution < -0.4 is 5.32 Å². The molecule has 1 saturated heterocycles. The number of nitrogens with zero attached hydrogens (tertiary/aromatic N) is 2. The second kappa shape index (κ2) is 7.42. The van der Waals surface area contributed by atoms with Crippen molar-refractivity contribution in [2.75, 3.05) is 31.6 Å². The van der Waals surface area contributed by atoms with Gasteiger partial charge in [0.15, 0.2) is 0 Å². The Hall–Kier alpha value is -2.10. The molecule has 0 radical (unpaired) electrons. The van der Waals surface area contributed by atoms with Crippen LogP contribution in [0.4, 0.5) is 14.6 Å². The number of pyridine rings is 1. The highest BCUT2D eigenvalue weighted by molar-refractivity contribution is 7.89. The highest BCUT2D eigenvalue weighted by Gasteiger charge is 2.26. The molecule has 0 spiro atoms. The van der Waals surface area contributed by atoms with Crippen LogP contribution in [0.2, 0.25) is 0 Å². The van der Waals surface area contributed by atoms with Gasteiger partial charge in [0, 0.05) is 31.9 Å². The van der Waals surface area contributed by atoms with E-state index in [0.29, 0.717) is 37.7 Å². The summed E-state index contributed by atoms with van der Waals surface area (Å²) < 4.78 is 57.8. The molecule has 1 aliphatic rings. The summed E-state index contributed by atoms with van der Waals surface area (Å²) in [5.74, 6) is -0.904. The van der Waals surface area contributed by atoms with Crippen molar-refractivity contribution in [1.82, 2.24) is 9.29 Å². The van der Waals surface area contributed by atoms with Gasteiger partial charge >= 0.3 is 0 Å². The lowest BCUT2D eigenvalue weighted by atomic mass is 10.2. The van der Waals surface area contributed by atoms with Crippen LogP contribution in [0.15, 0.2) is 41.4 Å². The molecular formula is C16H17F2N3O3S. The van der Waals surface area contributed by atoms with Gasteiger partial charge in [0.05, 0.1) is 13.2 Å². The van der Waals surface area contributed by atoms with Crippen LogP contribution in [0.25, 0.3) is 0 Å². The van der Waals surface area contributed by atoms with Crippen LogP contribution in [-0.2, 0) is 21.3 Å². The number of benzene rings is 1. The maximum absolute atomic E-state index is 13.2. The zero-order chi connectivity index (χ0) is 17.9. The molecule has 1 aromatic heterocycles. The number of hydrogen-bond donors (Lipinski definition) is 1. The van der Waals surface area contributed by atoms with E-state index in [9.17, 15) is 17.2 Å². The van der Waals surface area contributed by atoms with E-state index in [2.05, 4.69) is 10.3 Å². The van der Waals surface area contributed by atoms with Crippen molar-refractivity contribution in [2.45, 2.75) is 11.4 Å². The fourth-order valence-corrected chi connectivity index (χ4v) is 3.83. The topological polar surface area (TPSA) is 71.5 Å². The molecule has 6 nitrogen and oxygen atoms in total. The van der Waals surface area contributed by atoms with Gasteiger partial charge in [-0.3, -0.25) is 0 Å². The van der Waals surface area contributed by atoms with Gasteiger partial charge in [-0.1, -0.05) is 0 Å². The maximum Gasteiger partial charge on any atom is 0.244 e. The van der Waals surface area contributed by atoms with E-state index in [1.807, 2.05) is 0 Å². The molecule has 0 bridgehead atoms. The molecule has 2 aromatic rings. The van der Waals surface area contributed by atoms with Crippen LogP contribution in [0.1, 0.15) is 5.56 Å². The largest absolute Gasteiger partial charge is 0.379 e. The number of halogens is 2. The summed E-state index contributed by atoms with van der Waals surface area (Å²) >= 11 is 0. The van der Waals surface area contributed by atoms with Crippen molar-refractivity contribution in [3.63, 3.8) is 0 Å². The number of rotatable bonds is 5. The van der Waals surface area contributed by atoms with E-state index in [0.717, 1.165) is 6.07 Å². The predicted molar refractivity (Wildman–Crippen MR) is 87.5 cm³/mol. The van der Waals surface area contributed by atoms with Gasteiger partial charge in [-0.05, 0) is 29.8 Å². The molecule has 0 saturated carbocycles. The van der Waals surface area contributed by atoms with Crippen molar-refractivity contribution in [2.24, 2.45) is 0 Å². The number of ether oxygens (including phenoxy) is 1. The van der Waals surface area contributed by atoms with Gasteiger partial charge in [-0.25, -0.2) is 22.2 Å². The van der Waals surface area contributed by atoms with Crippen LogP contribution in [0.3, 0.4) is 0 Å². The number of nitrogens with one attached hydrogen (secondary N) is 1. The van der Waals surface area contributed by atoms with Crippen LogP contribution in [0, 0.1) is 11.6 Å². The van der Waals surface area contributed by atoms with Crippen molar-refractivity contribution in [3.8, 4) is 0 Å². The molecule has 1 aliphatic heterocycles. The fraction of sp³-hybridized carbons (Fsp3) is 0.312. The molecule has 0 aliphatic carbocycles. The zero-order valence-electron chi connectivity index (χ0n) is 13.3. The van der Waals surface area contributed by atoms with Gasteiger partial charge in [-0.2, -0.15) is 4.31 Å². The molecule has 0 atom stereocenters. The molecule has 2 heterocycles. The third-order valence-corrected chi connectivity index (χ3v) is 5.62. The Bertz CT molecular complexity index is 818. The summed E-state index contributed by atoms with van der Waals surface area (Å²) in [6, 6.07) is 6.20. The highest BCUT2D eigenvalue weighted by atomic mass is 32.2. The summed E-state index contributed by atoms with van der Waals surface area (Å²) in [5, 5.41) is 2.90. The summed E-state index contributed by atoms with van der Waals surface area (Å²) in [6.07, 6.45) is 1.26. The quantitative estimate of drug-likeness (QED) is 0.873.